The maximum Gasteiger partial charge on any atom is 3.00 e. The number of para-hydroxylation sites is 6. The van der Waals surface area contributed by atoms with Crippen LogP contribution in [0.5, 0.6) is 0 Å². The molecule has 0 radical (unpaired) electrons. The van der Waals surface area contributed by atoms with Crippen LogP contribution < -0.4 is 9.55 Å². The third-order valence-electron chi connectivity index (χ3n) is 12.8. The second kappa shape index (κ2) is 18.8. The molecule has 4 nitrogen and oxygen atoms in total. The molecule has 334 valence electrons. The Bertz CT molecular complexity index is 3640. The van der Waals surface area contributed by atoms with Gasteiger partial charge in [0.25, 0.3) is 0 Å². The predicted octanol–water partition coefficient (Wildman–Crippen LogP) is 16.4. The molecular formula is C61H56IrN4S+. The fourth-order valence-electron chi connectivity index (χ4n) is 9.60. The van der Waals surface area contributed by atoms with E-state index < -0.39 is 6.85 Å². The van der Waals surface area contributed by atoms with Crippen LogP contribution in [0, 0.1) is 19.0 Å². The number of hydrogen-bond acceptors (Lipinski definition) is 2. The van der Waals surface area contributed by atoms with Gasteiger partial charge in [-0.2, -0.15) is 11.3 Å². The summed E-state index contributed by atoms with van der Waals surface area (Å²) in [5.41, 5.74) is 13.9. The van der Waals surface area contributed by atoms with Crippen molar-refractivity contribution in [3.63, 3.8) is 0 Å². The van der Waals surface area contributed by atoms with Crippen molar-refractivity contribution in [1.29, 1.82) is 0 Å². The van der Waals surface area contributed by atoms with Crippen LogP contribution in [0.1, 0.15) is 111 Å². The first-order chi connectivity index (χ1) is 33.2. The van der Waals surface area contributed by atoms with Gasteiger partial charge < -0.3 is 9.13 Å². The van der Waals surface area contributed by atoms with E-state index in [1.807, 2.05) is 42.5 Å². The Morgan fingerprint density at radius 3 is 1.93 bits per heavy atom. The summed E-state index contributed by atoms with van der Waals surface area (Å²) in [7, 11) is 0. The van der Waals surface area contributed by atoms with E-state index in [2.05, 4.69) is 180 Å². The first kappa shape index (κ1) is 42.2. The summed E-state index contributed by atoms with van der Waals surface area (Å²) in [5, 5.41) is 3.96. The van der Waals surface area contributed by atoms with Crippen LogP contribution in [0.4, 0.5) is 0 Å². The third-order valence-corrected chi connectivity index (χ3v) is 14.0. The Labute approximate surface area is 416 Å². The number of rotatable bonds is 8. The quantitative estimate of drug-likeness (QED) is 0.112. The predicted molar refractivity (Wildman–Crippen MR) is 280 cm³/mol. The third kappa shape index (κ3) is 8.24. The van der Waals surface area contributed by atoms with Gasteiger partial charge >= 0.3 is 20.1 Å². The molecule has 0 aliphatic carbocycles. The normalized spacial score (nSPS) is 12.6. The van der Waals surface area contributed by atoms with E-state index in [9.17, 15) is 0 Å². The van der Waals surface area contributed by atoms with Gasteiger partial charge in [-0.3, -0.25) is 9.97 Å². The molecule has 0 saturated heterocycles. The van der Waals surface area contributed by atoms with E-state index in [1.165, 1.54) is 27.9 Å². The number of nitrogens with zero attached hydrogens (tertiary/aromatic N) is 4. The molecule has 0 aliphatic heterocycles. The number of fused-ring (bicyclic) bond motifs is 6. The Kier molecular flexibility index (Phi) is 11.9. The molecule has 0 spiro atoms. The maximum atomic E-state index is 8.42. The molecule has 0 bridgehead atoms. The summed E-state index contributed by atoms with van der Waals surface area (Å²) in [6.07, 6.45) is 0. The van der Waals surface area contributed by atoms with Gasteiger partial charge in [-0.05, 0) is 103 Å². The van der Waals surface area contributed by atoms with E-state index in [4.69, 9.17) is 14.1 Å². The van der Waals surface area contributed by atoms with Crippen molar-refractivity contribution in [1.82, 2.24) is 14.5 Å². The summed E-state index contributed by atoms with van der Waals surface area (Å²) in [6, 6.07) is 59.0. The van der Waals surface area contributed by atoms with Crippen molar-refractivity contribution in [2.24, 2.45) is 0 Å². The van der Waals surface area contributed by atoms with Gasteiger partial charge in [-0.1, -0.05) is 158 Å². The van der Waals surface area contributed by atoms with Gasteiger partial charge in [0.1, 0.15) is 0 Å². The summed E-state index contributed by atoms with van der Waals surface area (Å²) < 4.78 is 31.8. The van der Waals surface area contributed by atoms with Crippen molar-refractivity contribution >= 4 is 64.3 Å². The topological polar surface area (TPSA) is 35.8 Å². The van der Waals surface area contributed by atoms with Crippen LogP contribution in [-0.4, -0.2) is 9.55 Å². The molecule has 0 fully saturated rings. The summed E-state index contributed by atoms with van der Waals surface area (Å²) >= 11 is 1.63. The molecule has 0 amide bonds. The zero-order valence-electron chi connectivity index (χ0n) is 42.3. The number of benzene rings is 8. The smallest absolute Gasteiger partial charge is 0.333 e. The maximum absolute atomic E-state index is 8.42. The van der Waals surface area contributed by atoms with E-state index >= 15 is 0 Å². The second-order valence-electron chi connectivity index (χ2n) is 18.6. The number of aromatic nitrogens is 4. The van der Waals surface area contributed by atoms with Gasteiger partial charge in [-0.15, -0.1) is 53.6 Å². The molecule has 0 saturated carbocycles. The Hall–Kier alpha value is -6.17. The molecule has 11 aromatic rings. The molecule has 3 heterocycles. The molecule has 0 N–H and O–H groups in total. The van der Waals surface area contributed by atoms with Crippen LogP contribution in [-0.2, 0) is 20.1 Å². The first-order valence-corrected chi connectivity index (χ1v) is 24.0. The van der Waals surface area contributed by atoms with Crippen molar-refractivity contribution in [2.75, 3.05) is 0 Å². The van der Waals surface area contributed by atoms with Gasteiger partial charge in [0, 0.05) is 20.2 Å². The number of thiophene rings is 1. The van der Waals surface area contributed by atoms with E-state index in [0.717, 1.165) is 81.5 Å². The minimum Gasteiger partial charge on any atom is -0.333 e. The van der Waals surface area contributed by atoms with Crippen LogP contribution >= 0.6 is 11.3 Å². The standard InChI is InChI=1S/C36H31N2S.C25H25N2.Ir/c1-21(2)26-13-10-14-27(22(3)4)34(26)38-31-16-9-8-15-30(31)37-36(38)28-18-17-23(5)33-29-19-24-11-6-7-12-25(24)20-32(29)39-35(28)33;1-17(2)20-13-10-14-21(18(3)4)24(20)27-23-16-9-8-15-22(23)26-25(27)19-11-6-5-7-12-19;/h6-17,19-22H,1-5H3;5-11,13-18H,1-4H3;/q2*-1;+3/i5D3;;. The minimum atomic E-state index is -2.28. The molecule has 8 aromatic carbocycles. The first-order valence-electron chi connectivity index (χ1n) is 24.7. The summed E-state index contributed by atoms with van der Waals surface area (Å²) in [4.78, 5) is 10.2. The Morgan fingerprint density at radius 1 is 0.657 bits per heavy atom. The monoisotopic (exact) mass is 1070 g/mol. The molecule has 3 aromatic heterocycles. The molecule has 0 unspecified atom stereocenters. The molecular weight excluding hydrogens is 1010 g/mol. The van der Waals surface area contributed by atoms with Crippen LogP contribution in [0.2, 0.25) is 0 Å². The zero-order valence-corrected chi connectivity index (χ0v) is 42.5. The van der Waals surface area contributed by atoms with E-state index in [1.54, 1.807) is 17.4 Å². The molecule has 11 rings (SSSR count). The largest absolute Gasteiger partial charge is 3.00 e. The Morgan fingerprint density at radius 2 is 1.27 bits per heavy atom. The number of imidazole rings is 2. The minimum absolute atomic E-state index is 0. The van der Waals surface area contributed by atoms with Crippen LogP contribution in [0.25, 0.3) is 87.2 Å². The average Bonchev–Trinajstić information content (AvgIpc) is 4.04. The second-order valence-corrected chi connectivity index (χ2v) is 19.6. The number of hydrogen-bond donors (Lipinski definition) is 0. The summed E-state index contributed by atoms with van der Waals surface area (Å²) in [5.74, 6) is 3.17. The van der Waals surface area contributed by atoms with Crippen LogP contribution in [0.15, 0.2) is 152 Å². The van der Waals surface area contributed by atoms with E-state index in [0.29, 0.717) is 29.2 Å². The van der Waals surface area contributed by atoms with Crippen molar-refractivity contribution in [3.05, 3.63) is 192 Å². The number of aryl methyl sites for hydroxylation is 1. The van der Waals surface area contributed by atoms with Gasteiger partial charge in [0.2, 0.25) is 0 Å². The van der Waals surface area contributed by atoms with Gasteiger partial charge in [0.05, 0.1) is 33.7 Å². The van der Waals surface area contributed by atoms with Gasteiger partial charge in [0.15, 0.2) is 0 Å². The van der Waals surface area contributed by atoms with Crippen LogP contribution in [0.3, 0.4) is 0 Å². The van der Waals surface area contributed by atoms with Crippen molar-refractivity contribution in [3.8, 4) is 34.2 Å². The Balaban J connectivity index is 0.000000188. The SMILES string of the molecule is CC(C)c1cccc(C(C)C)c1-n1c(-c2[c-]cccc2)nc2ccccc21.[2H]C([2H])([2H])c1c[c-]c(-c2[n-]c3ccccc3[n+]2-c2c(C(C)C)cccc2C(C)C)c2sc3cc4ccccc4cc3c12.[Ir+3]. The molecule has 0 atom stereocenters. The van der Waals surface area contributed by atoms with Crippen molar-refractivity contribution < 1.29 is 28.8 Å². The average molecular weight is 1070 g/mol. The zero-order chi connectivity index (χ0) is 48.3. The fourth-order valence-corrected chi connectivity index (χ4v) is 10.9. The summed E-state index contributed by atoms with van der Waals surface area (Å²) in [6.45, 7) is 15.7. The molecule has 6 heteroatoms. The van der Waals surface area contributed by atoms with Gasteiger partial charge in [-0.25, -0.2) is 0 Å². The fraction of sp³-hybridized carbons (Fsp3) is 0.213. The van der Waals surface area contributed by atoms with E-state index in [-0.39, 0.29) is 20.1 Å². The molecule has 67 heavy (non-hydrogen) atoms. The molecule has 0 aliphatic rings. The van der Waals surface area contributed by atoms with Crippen molar-refractivity contribution in [2.45, 2.75) is 85.9 Å².